The highest BCUT2D eigenvalue weighted by molar-refractivity contribution is 6.35. The van der Waals surface area contributed by atoms with Gasteiger partial charge in [0.05, 0.1) is 37.5 Å². The quantitative estimate of drug-likeness (QED) is 0.726. The fraction of sp³-hybridized carbons (Fsp3) is 0.471. The monoisotopic (exact) mass is 372 g/mol. The van der Waals surface area contributed by atoms with Crippen LogP contribution in [0.2, 0.25) is 5.02 Å². The Morgan fingerprint density at radius 1 is 1.25 bits per heavy atom. The summed E-state index contributed by atoms with van der Waals surface area (Å²) in [4.78, 5) is 6.73. The first kappa shape index (κ1) is 19.1. The summed E-state index contributed by atoms with van der Waals surface area (Å²) in [7, 11) is 1.63. The summed E-state index contributed by atoms with van der Waals surface area (Å²) in [5, 5.41) is 1.53. The molecule has 2 heterocycles. The number of pyridine rings is 1. The maximum atomic E-state index is 6.20. The lowest BCUT2D eigenvalue weighted by molar-refractivity contribution is 0.0357. The molecule has 0 amide bonds. The van der Waals surface area contributed by atoms with E-state index in [4.69, 9.17) is 25.8 Å². The van der Waals surface area contributed by atoms with Gasteiger partial charge in [0.1, 0.15) is 0 Å². The molecule has 0 radical (unpaired) electrons. The number of ether oxygens (including phenoxy) is 3. The molecule has 0 N–H and O–H groups in total. The third kappa shape index (κ3) is 4.63. The maximum Gasteiger partial charge on any atom is 0.163 e. The Bertz CT molecular complexity index is 664. The van der Waals surface area contributed by atoms with E-state index < -0.39 is 0 Å². The smallest absolute Gasteiger partial charge is 0.163 e. The van der Waals surface area contributed by atoms with E-state index in [0.717, 1.165) is 50.2 Å². The first-order valence-electron chi connectivity index (χ1n) is 7.83. The molecule has 1 fully saturated rings. The van der Waals surface area contributed by atoms with Gasteiger partial charge in [-0.2, -0.15) is 0 Å². The minimum absolute atomic E-state index is 0. The topological polar surface area (TPSA) is 43.8 Å². The Morgan fingerprint density at radius 2 is 2.04 bits per heavy atom. The molecule has 1 aliphatic rings. The van der Waals surface area contributed by atoms with Crippen molar-refractivity contribution < 1.29 is 14.2 Å². The van der Waals surface area contributed by atoms with Crippen LogP contribution < -0.4 is 9.47 Å². The lowest BCUT2D eigenvalue weighted by Crippen LogP contribution is -2.37. The molecule has 3 rings (SSSR count). The zero-order valence-corrected chi connectivity index (χ0v) is 15.2. The van der Waals surface area contributed by atoms with Crippen LogP contribution in [0.5, 0.6) is 11.5 Å². The van der Waals surface area contributed by atoms with Crippen molar-refractivity contribution in [1.82, 2.24) is 9.88 Å². The third-order valence-corrected chi connectivity index (χ3v) is 4.28. The molecule has 1 aromatic carbocycles. The van der Waals surface area contributed by atoms with E-state index >= 15 is 0 Å². The Kier molecular flexibility index (Phi) is 7.37. The maximum absolute atomic E-state index is 6.20. The number of fused-ring (bicyclic) bond motifs is 1. The first-order chi connectivity index (χ1) is 11.3. The minimum Gasteiger partial charge on any atom is -0.493 e. The first-order valence-corrected chi connectivity index (χ1v) is 8.21. The van der Waals surface area contributed by atoms with E-state index in [0.29, 0.717) is 23.1 Å². The molecule has 7 heteroatoms. The lowest BCUT2D eigenvalue weighted by Gasteiger charge is -2.26. The van der Waals surface area contributed by atoms with E-state index in [1.54, 1.807) is 19.4 Å². The van der Waals surface area contributed by atoms with E-state index in [9.17, 15) is 0 Å². The Labute approximate surface area is 153 Å². The van der Waals surface area contributed by atoms with Crippen LogP contribution >= 0.6 is 24.0 Å². The molecule has 5 nitrogen and oxygen atoms in total. The summed E-state index contributed by atoms with van der Waals surface area (Å²) >= 11 is 6.20. The number of halogens is 2. The van der Waals surface area contributed by atoms with Gasteiger partial charge in [-0.3, -0.25) is 9.88 Å². The molecule has 0 atom stereocenters. The molecule has 132 valence electrons. The van der Waals surface area contributed by atoms with Crippen molar-refractivity contribution in [3.05, 3.63) is 29.4 Å². The van der Waals surface area contributed by atoms with Gasteiger partial charge < -0.3 is 14.2 Å². The normalized spacial score (nSPS) is 15.1. The molecule has 1 saturated heterocycles. The largest absolute Gasteiger partial charge is 0.493 e. The van der Waals surface area contributed by atoms with Crippen molar-refractivity contribution in [2.24, 2.45) is 0 Å². The molecule has 2 aromatic rings. The van der Waals surface area contributed by atoms with Crippen molar-refractivity contribution >= 4 is 34.9 Å². The van der Waals surface area contributed by atoms with Crippen LogP contribution in [0.4, 0.5) is 0 Å². The van der Waals surface area contributed by atoms with Gasteiger partial charge in [0.2, 0.25) is 0 Å². The minimum atomic E-state index is 0. The highest BCUT2D eigenvalue weighted by Crippen LogP contribution is 2.34. The second kappa shape index (κ2) is 9.28. The molecular weight excluding hydrogens is 351 g/mol. The van der Waals surface area contributed by atoms with Gasteiger partial charge in [-0.15, -0.1) is 12.4 Å². The Morgan fingerprint density at radius 3 is 2.79 bits per heavy atom. The lowest BCUT2D eigenvalue weighted by atomic mass is 10.2. The van der Waals surface area contributed by atoms with Crippen molar-refractivity contribution in [3.63, 3.8) is 0 Å². The highest BCUT2D eigenvalue weighted by Gasteiger charge is 2.12. The number of aromatic nitrogens is 1. The van der Waals surface area contributed by atoms with E-state index in [1.165, 1.54) is 0 Å². The van der Waals surface area contributed by atoms with Gasteiger partial charge in [-0.1, -0.05) is 11.6 Å². The zero-order valence-electron chi connectivity index (χ0n) is 13.7. The standard InChI is InChI=1S/C17H21ClN2O3.ClH/c1-21-16-11-13-14(18)3-4-19-15(13)12-17(16)23-8-2-5-20-6-9-22-10-7-20;/h3-4,11-12H,2,5-10H2,1H3;1H. The van der Waals surface area contributed by atoms with Crippen molar-refractivity contribution in [2.45, 2.75) is 6.42 Å². The predicted octanol–water partition coefficient (Wildman–Crippen LogP) is 3.42. The third-order valence-electron chi connectivity index (χ3n) is 3.95. The van der Waals surface area contributed by atoms with Crippen LogP contribution in [0.3, 0.4) is 0 Å². The van der Waals surface area contributed by atoms with Gasteiger partial charge >= 0.3 is 0 Å². The van der Waals surface area contributed by atoms with Crippen LogP contribution in [-0.2, 0) is 4.74 Å². The Hall–Kier alpha value is -1.27. The SMILES string of the molecule is COc1cc2c(Cl)ccnc2cc1OCCCN1CCOCC1.Cl. The van der Waals surface area contributed by atoms with Crippen LogP contribution in [-0.4, -0.2) is 56.4 Å². The molecule has 0 spiro atoms. The molecule has 0 aliphatic carbocycles. The van der Waals surface area contributed by atoms with Crippen LogP contribution in [0.15, 0.2) is 24.4 Å². The zero-order chi connectivity index (χ0) is 16.1. The van der Waals surface area contributed by atoms with E-state index in [1.807, 2.05) is 12.1 Å². The fourth-order valence-corrected chi connectivity index (χ4v) is 2.90. The van der Waals surface area contributed by atoms with Gasteiger partial charge in [0.25, 0.3) is 0 Å². The summed E-state index contributed by atoms with van der Waals surface area (Å²) in [5.41, 5.74) is 0.807. The van der Waals surface area contributed by atoms with Crippen LogP contribution in [0.1, 0.15) is 6.42 Å². The average molecular weight is 373 g/mol. The number of benzene rings is 1. The van der Waals surface area contributed by atoms with Gasteiger partial charge in [-0.25, -0.2) is 0 Å². The molecule has 1 aliphatic heterocycles. The number of rotatable bonds is 6. The molecule has 1 aromatic heterocycles. The number of hydrogen-bond donors (Lipinski definition) is 0. The van der Waals surface area contributed by atoms with Gasteiger partial charge in [-0.05, 0) is 18.6 Å². The summed E-state index contributed by atoms with van der Waals surface area (Å²) in [6, 6.07) is 5.53. The predicted molar refractivity (Wildman–Crippen MR) is 97.9 cm³/mol. The fourth-order valence-electron chi connectivity index (χ4n) is 2.69. The number of morpholine rings is 1. The van der Waals surface area contributed by atoms with Crippen molar-refractivity contribution in [3.8, 4) is 11.5 Å². The number of methoxy groups -OCH3 is 1. The summed E-state index contributed by atoms with van der Waals surface area (Å²) in [5.74, 6) is 1.38. The van der Waals surface area contributed by atoms with Crippen LogP contribution in [0, 0.1) is 0 Å². The average Bonchev–Trinajstić information content (AvgIpc) is 2.59. The van der Waals surface area contributed by atoms with Gasteiger partial charge in [0.15, 0.2) is 11.5 Å². The number of nitrogens with zero attached hydrogens (tertiary/aromatic N) is 2. The van der Waals surface area contributed by atoms with E-state index in [2.05, 4.69) is 9.88 Å². The van der Waals surface area contributed by atoms with Crippen molar-refractivity contribution in [2.75, 3.05) is 46.6 Å². The second-order valence-electron chi connectivity index (χ2n) is 5.47. The summed E-state index contributed by atoms with van der Waals surface area (Å²) in [6.45, 7) is 5.31. The molecule has 0 unspecified atom stereocenters. The molecule has 0 saturated carbocycles. The molecule has 0 bridgehead atoms. The molecule has 24 heavy (non-hydrogen) atoms. The summed E-state index contributed by atoms with van der Waals surface area (Å²) < 4.78 is 16.7. The second-order valence-corrected chi connectivity index (χ2v) is 5.88. The van der Waals surface area contributed by atoms with Crippen molar-refractivity contribution in [1.29, 1.82) is 0 Å². The summed E-state index contributed by atoms with van der Waals surface area (Å²) in [6.07, 6.45) is 2.66. The molecular formula is C17H22Cl2N2O3. The highest BCUT2D eigenvalue weighted by atomic mass is 35.5. The number of hydrogen-bond acceptors (Lipinski definition) is 5. The van der Waals surface area contributed by atoms with Gasteiger partial charge in [0, 0.05) is 37.3 Å². The Balaban J connectivity index is 0.00000208. The van der Waals surface area contributed by atoms with E-state index in [-0.39, 0.29) is 12.4 Å². The van der Waals surface area contributed by atoms with Crippen LogP contribution in [0.25, 0.3) is 10.9 Å².